The first-order valence-electron chi connectivity index (χ1n) is 7.17. The van der Waals surface area contributed by atoms with Gasteiger partial charge in [-0.1, -0.05) is 13.0 Å². The van der Waals surface area contributed by atoms with E-state index < -0.39 is 0 Å². The summed E-state index contributed by atoms with van der Waals surface area (Å²) >= 11 is 0. The predicted octanol–water partition coefficient (Wildman–Crippen LogP) is 2.83. The maximum atomic E-state index is 5.73. The summed E-state index contributed by atoms with van der Waals surface area (Å²) in [5, 5.41) is 11.5. The molecule has 0 amide bonds. The molecule has 0 bridgehead atoms. The van der Waals surface area contributed by atoms with Crippen LogP contribution in [0.25, 0.3) is 0 Å². The number of aromatic nitrogens is 2. The van der Waals surface area contributed by atoms with E-state index in [9.17, 15) is 0 Å². The molecule has 0 spiro atoms. The van der Waals surface area contributed by atoms with Crippen LogP contribution in [-0.2, 0) is 6.54 Å². The number of hydrogen-bond donors (Lipinski definition) is 1. The number of benzene rings is 1. The molecule has 1 N–H and O–H groups in total. The highest BCUT2D eigenvalue weighted by Crippen LogP contribution is 2.23. The van der Waals surface area contributed by atoms with Crippen LogP contribution >= 0.6 is 0 Å². The van der Waals surface area contributed by atoms with Crippen molar-refractivity contribution >= 4 is 5.69 Å². The smallest absolute Gasteiger partial charge is 0.238 e. The lowest BCUT2D eigenvalue weighted by molar-refractivity contribution is 0.453. The molecule has 5 nitrogen and oxygen atoms in total. The summed E-state index contributed by atoms with van der Waals surface area (Å²) in [6, 6.07) is 11.6. The van der Waals surface area contributed by atoms with E-state index in [2.05, 4.69) is 22.4 Å². The summed E-state index contributed by atoms with van der Waals surface area (Å²) in [5.74, 6) is 1.26. The van der Waals surface area contributed by atoms with E-state index in [-0.39, 0.29) is 0 Å². The Morgan fingerprint density at radius 1 is 1.14 bits per heavy atom. The van der Waals surface area contributed by atoms with E-state index in [1.165, 1.54) is 0 Å². The minimum atomic E-state index is 0.505. The van der Waals surface area contributed by atoms with Crippen molar-refractivity contribution in [1.82, 2.24) is 15.5 Å². The Morgan fingerprint density at radius 2 is 2.00 bits per heavy atom. The molecule has 0 aliphatic heterocycles. The van der Waals surface area contributed by atoms with Crippen molar-refractivity contribution in [2.75, 3.05) is 25.5 Å². The molecule has 5 heteroatoms. The zero-order valence-electron chi connectivity index (χ0n) is 12.8. The Bertz CT molecular complexity index is 554. The number of ether oxygens (including phenoxy) is 1. The van der Waals surface area contributed by atoms with Gasteiger partial charge in [-0.15, -0.1) is 5.10 Å². The second kappa shape index (κ2) is 7.59. The summed E-state index contributed by atoms with van der Waals surface area (Å²) in [4.78, 5) is 2.03. The van der Waals surface area contributed by atoms with Crippen LogP contribution in [0.5, 0.6) is 11.6 Å². The van der Waals surface area contributed by atoms with Crippen molar-refractivity contribution in [2.45, 2.75) is 19.9 Å². The van der Waals surface area contributed by atoms with Crippen LogP contribution in [0.1, 0.15) is 19.0 Å². The predicted molar refractivity (Wildman–Crippen MR) is 84.9 cm³/mol. The minimum Gasteiger partial charge on any atom is -0.437 e. The number of anilines is 1. The maximum absolute atomic E-state index is 5.73. The minimum absolute atomic E-state index is 0.505. The molecular weight excluding hydrogens is 264 g/mol. The lowest BCUT2D eigenvalue weighted by Gasteiger charge is -2.13. The van der Waals surface area contributed by atoms with Gasteiger partial charge in [-0.3, -0.25) is 0 Å². The molecule has 0 unspecified atom stereocenters. The van der Waals surface area contributed by atoms with Gasteiger partial charge in [0.1, 0.15) is 5.75 Å². The molecule has 0 radical (unpaired) electrons. The van der Waals surface area contributed by atoms with Gasteiger partial charge in [0.25, 0.3) is 0 Å². The van der Waals surface area contributed by atoms with Crippen molar-refractivity contribution in [3.63, 3.8) is 0 Å². The van der Waals surface area contributed by atoms with Gasteiger partial charge in [-0.25, -0.2) is 0 Å². The molecule has 2 aromatic rings. The molecule has 0 saturated carbocycles. The average molecular weight is 286 g/mol. The molecule has 21 heavy (non-hydrogen) atoms. The van der Waals surface area contributed by atoms with Crippen molar-refractivity contribution in [1.29, 1.82) is 0 Å². The fraction of sp³-hybridized carbons (Fsp3) is 0.375. The first-order chi connectivity index (χ1) is 10.2. The SMILES string of the molecule is CCCNCc1ccc(Oc2cccc(N(C)C)c2)nn1. The molecule has 1 heterocycles. The Kier molecular flexibility index (Phi) is 5.51. The van der Waals surface area contributed by atoms with Crippen molar-refractivity contribution in [2.24, 2.45) is 0 Å². The Morgan fingerprint density at radius 3 is 2.67 bits per heavy atom. The number of nitrogens with one attached hydrogen (secondary N) is 1. The van der Waals surface area contributed by atoms with Gasteiger partial charge in [0.05, 0.1) is 5.69 Å². The highest BCUT2D eigenvalue weighted by atomic mass is 16.5. The van der Waals surface area contributed by atoms with Gasteiger partial charge in [0, 0.05) is 38.5 Å². The van der Waals surface area contributed by atoms with Crippen LogP contribution in [0.3, 0.4) is 0 Å². The van der Waals surface area contributed by atoms with E-state index in [0.29, 0.717) is 5.88 Å². The molecule has 2 rings (SSSR count). The van der Waals surface area contributed by atoms with Crippen LogP contribution in [-0.4, -0.2) is 30.8 Å². The van der Waals surface area contributed by atoms with Crippen LogP contribution in [0.4, 0.5) is 5.69 Å². The summed E-state index contributed by atoms with van der Waals surface area (Å²) in [6.07, 6.45) is 1.11. The average Bonchev–Trinajstić information content (AvgIpc) is 2.49. The van der Waals surface area contributed by atoms with Gasteiger partial charge >= 0.3 is 0 Å². The molecule has 0 aliphatic carbocycles. The number of nitrogens with zero attached hydrogens (tertiary/aromatic N) is 3. The highest BCUT2D eigenvalue weighted by Gasteiger charge is 2.03. The molecule has 112 valence electrons. The zero-order valence-corrected chi connectivity index (χ0v) is 12.8. The molecular formula is C16H22N4O. The Balaban J connectivity index is 1.98. The molecule has 0 atom stereocenters. The van der Waals surface area contributed by atoms with Gasteiger partial charge in [0.15, 0.2) is 0 Å². The zero-order chi connectivity index (χ0) is 15.1. The highest BCUT2D eigenvalue weighted by molar-refractivity contribution is 5.49. The van der Waals surface area contributed by atoms with E-state index >= 15 is 0 Å². The fourth-order valence-corrected chi connectivity index (χ4v) is 1.84. The maximum Gasteiger partial charge on any atom is 0.238 e. The molecule has 1 aromatic heterocycles. The third kappa shape index (κ3) is 4.72. The standard InChI is InChI=1S/C16H22N4O/c1-4-10-17-12-13-8-9-16(19-18-13)21-15-7-5-6-14(11-15)20(2)3/h5-9,11,17H,4,10,12H2,1-3H3. The van der Waals surface area contributed by atoms with E-state index in [1.807, 2.05) is 55.4 Å². The number of hydrogen-bond acceptors (Lipinski definition) is 5. The first-order valence-corrected chi connectivity index (χ1v) is 7.17. The van der Waals surface area contributed by atoms with Gasteiger partial charge in [0.2, 0.25) is 5.88 Å². The van der Waals surface area contributed by atoms with E-state index in [1.54, 1.807) is 0 Å². The Hall–Kier alpha value is -2.14. The Labute approximate surface area is 126 Å². The lowest BCUT2D eigenvalue weighted by Crippen LogP contribution is -2.15. The third-order valence-corrected chi connectivity index (χ3v) is 2.98. The van der Waals surface area contributed by atoms with E-state index in [0.717, 1.165) is 36.6 Å². The van der Waals surface area contributed by atoms with Crippen molar-refractivity contribution in [3.8, 4) is 11.6 Å². The topological polar surface area (TPSA) is 50.3 Å². The van der Waals surface area contributed by atoms with Crippen molar-refractivity contribution in [3.05, 3.63) is 42.1 Å². The summed E-state index contributed by atoms with van der Waals surface area (Å²) in [7, 11) is 3.99. The van der Waals surface area contributed by atoms with Crippen LogP contribution < -0.4 is 15.0 Å². The summed E-state index contributed by atoms with van der Waals surface area (Å²) < 4.78 is 5.73. The van der Waals surface area contributed by atoms with E-state index in [4.69, 9.17) is 4.74 Å². The molecule has 0 saturated heterocycles. The fourth-order valence-electron chi connectivity index (χ4n) is 1.84. The molecule has 0 fully saturated rings. The second-order valence-corrected chi connectivity index (χ2v) is 5.03. The van der Waals surface area contributed by atoms with Crippen LogP contribution in [0.2, 0.25) is 0 Å². The van der Waals surface area contributed by atoms with Gasteiger partial charge in [-0.2, -0.15) is 5.10 Å². The van der Waals surface area contributed by atoms with Crippen LogP contribution in [0, 0.1) is 0 Å². The van der Waals surface area contributed by atoms with Crippen LogP contribution in [0.15, 0.2) is 36.4 Å². The largest absolute Gasteiger partial charge is 0.437 e. The first kappa shape index (κ1) is 15.3. The summed E-state index contributed by atoms with van der Waals surface area (Å²) in [6.45, 7) is 3.85. The normalized spacial score (nSPS) is 10.4. The van der Waals surface area contributed by atoms with Gasteiger partial charge < -0.3 is 15.0 Å². The lowest BCUT2D eigenvalue weighted by atomic mass is 10.3. The van der Waals surface area contributed by atoms with Crippen molar-refractivity contribution < 1.29 is 4.74 Å². The molecule has 0 aliphatic rings. The monoisotopic (exact) mass is 286 g/mol. The molecule has 1 aromatic carbocycles. The number of rotatable bonds is 7. The second-order valence-electron chi connectivity index (χ2n) is 5.03. The van der Waals surface area contributed by atoms with Gasteiger partial charge in [-0.05, 0) is 31.2 Å². The third-order valence-electron chi connectivity index (χ3n) is 2.98. The summed E-state index contributed by atoms with van der Waals surface area (Å²) in [5.41, 5.74) is 2.00. The quantitative estimate of drug-likeness (QED) is 0.793.